The van der Waals surface area contributed by atoms with Crippen LogP contribution in [0.4, 0.5) is 5.69 Å². The number of nitrogens with zero attached hydrogens (tertiary/aromatic N) is 3. The molecule has 0 spiro atoms. The highest BCUT2D eigenvalue weighted by Gasteiger charge is 2.20. The fourth-order valence-electron chi connectivity index (χ4n) is 2.29. The van der Waals surface area contributed by atoms with Crippen molar-refractivity contribution in [2.24, 2.45) is 0 Å². The molecular weight excluding hydrogens is 276 g/mol. The van der Waals surface area contributed by atoms with E-state index in [1.54, 1.807) is 23.4 Å². The molecule has 5 nitrogen and oxygen atoms in total. The average Bonchev–Trinajstić information content (AvgIpc) is 2.52. The summed E-state index contributed by atoms with van der Waals surface area (Å²) in [6.07, 6.45) is 3.68. The molecule has 2 rings (SSSR count). The minimum absolute atomic E-state index is 0.158. The molecular formula is C17H18N4O. The molecule has 0 saturated heterocycles. The first-order valence-corrected chi connectivity index (χ1v) is 7.03. The number of amides is 1. The normalized spacial score (nSPS) is 10.0. The Morgan fingerprint density at radius 1 is 1.36 bits per heavy atom. The summed E-state index contributed by atoms with van der Waals surface area (Å²) in [6.45, 7) is 2.62. The molecule has 2 aromatic rings. The lowest BCUT2D eigenvalue weighted by Crippen LogP contribution is -2.32. The molecule has 0 unspecified atom stereocenters. The van der Waals surface area contributed by atoms with Crippen molar-refractivity contribution in [3.63, 3.8) is 0 Å². The van der Waals surface area contributed by atoms with E-state index in [1.807, 2.05) is 31.2 Å². The summed E-state index contributed by atoms with van der Waals surface area (Å²) in [6, 6.07) is 11.2. The van der Waals surface area contributed by atoms with Gasteiger partial charge in [0.15, 0.2) is 0 Å². The van der Waals surface area contributed by atoms with Crippen LogP contribution in [0.2, 0.25) is 0 Å². The van der Waals surface area contributed by atoms with E-state index in [2.05, 4.69) is 11.1 Å². The van der Waals surface area contributed by atoms with Crippen molar-refractivity contribution in [2.45, 2.75) is 19.9 Å². The van der Waals surface area contributed by atoms with Crippen molar-refractivity contribution in [2.75, 3.05) is 12.3 Å². The number of nitriles is 1. The molecule has 0 atom stereocenters. The van der Waals surface area contributed by atoms with Crippen LogP contribution in [-0.2, 0) is 6.54 Å². The third-order valence-corrected chi connectivity index (χ3v) is 3.40. The van der Waals surface area contributed by atoms with E-state index in [9.17, 15) is 4.79 Å². The Morgan fingerprint density at radius 3 is 2.82 bits per heavy atom. The van der Waals surface area contributed by atoms with Gasteiger partial charge >= 0.3 is 0 Å². The lowest BCUT2D eigenvalue weighted by Gasteiger charge is -2.23. The van der Waals surface area contributed by atoms with Crippen LogP contribution in [0.3, 0.4) is 0 Å². The number of hydrogen-bond acceptors (Lipinski definition) is 4. The van der Waals surface area contributed by atoms with Gasteiger partial charge in [-0.3, -0.25) is 9.78 Å². The number of anilines is 1. The largest absolute Gasteiger partial charge is 0.398 e. The smallest absolute Gasteiger partial charge is 0.256 e. The monoisotopic (exact) mass is 294 g/mol. The van der Waals surface area contributed by atoms with E-state index < -0.39 is 0 Å². The maximum absolute atomic E-state index is 12.8. The van der Waals surface area contributed by atoms with Gasteiger partial charge < -0.3 is 10.6 Å². The zero-order valence-electron chi connectivity index (χ0n) is 12.5. The van der Waals surface area contributed by atoms with E-state index in [0.29, 0.717) is 24.3 Å². The molecule has 5 heteroatoms. The molecule has 1 amide bonds. The fourth-order valence-corrected chi connectivity index (χ4v) is 2.29. The minimum Gasteiger partial charge on any atom is -0.398 e. The Labute approximate surface area is 130 Å². The SMILES string of the molecule is Cc1cccc(N)c1C(=O)N(CCC#N)Cc1cccnc1. The van der Waals surface area contributed by atoms with Gasteiger partial charge in [-0.2, -0.15) is 5.26 Å². The Hall–Kier alpha value is -2.87. The van der Waals surface area contributed by atoms with Gasteiger partial charge in [0.2, 0.25) is 0 Å². The summed E-state index contributed by atoms with van der Waals surface area (Å²) in [5.74, 6) is -0.158. The van der Waals surface area contributed by atoms with Crippen molar-refractivity contribution in [3.8, 4) is 6.07 Å². The predicted molar refractivity (Wildman–Crippen MR) is 84.8 cm³/mol. The van der Waals surface area contributed by atoms with E-state index in [1.165, 1.54) is 0 Å². The summed E-state index contributed by atoms with van der Waals surface area (Å²) >= 11 is 0. The van der Waals surface area contributed by atoms with Crippen molar-refractivity contribution in [1.29, 1.82) is 5.26 Å². The third-order valence-electron chi connectivity index (χ3n) is 3.40. The number of carbonyl (C=O) groups excluding carboxylic acids is 1. The van der Waals surface area contributed by atoms with Gasteiger partial charge in [-0.15, -0.1) is 0 Å². The first-order valence-electron chi connectivity index (χ1n) is 7.03. The number of aromatic nitrogens is 1. The summed E-state index contributed by atoms with van der Waals surface area (Å²) in [7, 11) is 0. The number of aryl methyl sites for hydroxylation is 1. The number of nitrogen functional groups attached to an aromatic ring is 1. The maximum atomic E-state index is 12.8. The molecule has 112 valence electrons. The highest BCUT2D eigenvalue weighted by Crippen LogP contribution is 2.20. The number of benzene rings is 1. The topological polar surface area (TPSA) is 83.0 Å². The molecule has 0 bridgehead atoms. The third kappa shape index (κ3) is 3.61. The van der Waals surface area contributed by atoms with Crippen LogP contribution >= 0.6 is 0 Å². The molecule has 2 N–H and O–H groups in total. The van der Waals surface area contributed by atoms with Crippen LogP contribution in [0.5, 0.6) is 0 Å². The lowest BCUT2D eigenvalue weighted by molar-refractivity contribution is 0.0747. The van der Waals surface area contributed by atoms with Crippen molar-refractivity contribution in [3.05, 3.63) is 59.4 Å². The van der Waals surface area contributed by atoms with Crippen molar-refractivity contribution in [1.82, 2.24) is 9.88 Å². The predicted octanol–water partition coefficient (Wildman–Crippen LogP) is 2.53. The lowest BCUT2D eigenvalue weighted by atomic mass is 10.0. The van der Waals surface area contributed by atoms with Gasteiger partial charge in [-0.05, 0) is 30.2 Å². The second kappa shape index (κ2) is 7.23. The average molecular weight is 294 g/mol. The number of rotatable bonds is 5. The Balaban J connectivity index is 2.29. The Bertz CT molecular complexity index is 671. The number of carbonyl (C=O) groups is 1. The summed E-state index contributed by atoms with van der Waals surface area (Å²) < 4.78 is 0. The number of pyridine rings is 1. The summed E-state index contributed by atoms with van der Waals surface area (Å²) in [4.78, 5) is 18.5. The molecule has 0 aliphatic carbocycles. The molecule has 0 radical (unpaired) electrons. The van der Waals surface area contributed by atoms with Gasteiger partial charge in [0.1, 0.15) is 0 Å². The van der Waals surface area contributed by atoms with Crippen molar-refractivity contribution < 1.29 is 4.79 Å². The van der Waals surface area contributed by atoms with Gasteiger partial charge in [-0.25, -0.2) is 0 Å². The van der Waals surface area contributed by atoms with Crippen LogP contribution in [0.25, 0.3) is 0 Å². The van der Waals surface area contributed by atoms with E-state index >= 15 is 0 Å². The number of hydrogen-bond donors (Lipinski definition) is 1. The first-order chi connectivity index (χ1) is 10.6. The fraction of sp³-hybridized carbons (Fsp3) is 0.235. The molecule has 1 aromatic heterocycles. The Morgan fingerprint density at radius 2 is 2.18 bits per heavy atom. The first kappa shape index (κ1) is 15.5. The standard InChI is InChI=1S/C17H18N4O/c1-13-5-2-7-15(19)16(13)17(22)21(10-4-8-18)12-14-6-3-9-20-11-14/h2-3,5-7,9,11H,4,10,12,19H2,1H3. The minimum atomic E-state index is -0.158. The molecule has 0 saturated carbocycles. The maximum Gasteiger partial charge on any atom is 0.256 e. The van der Waals surface area contributed by atoms with Gasteiger partial charge in [0.05, 0.1) is 18.1 Å². The van der Waals surface area contributed by atoms with Crippen LogP contribution in [0, 0.1) is 18.3 Å². The highest BCUT2D eigenvalue weighted by molar-refractivity contribution is 6.00. The van der Waals surface area contributed by atoms with E-state index in [0.717, 1.165) is 11.1 Å². The van der Waals surface area contributed by atoms with Gasteiger partial charge in [0.25, 0.3) is 5.91 Å². The molecule has 1 heterocycles. The zero-order chi connectivity index (χ0) is 15.9. The van der Waals surface area contributed by atoms with E-state index in [-0.39, 0.29) is 12.3 Å². The summed E-state index contributed by atoms with van der Waals surface area (Å²) in [5, 5.41) is 8.82. The zero-order valence-corrected chi connectivity index (χ0v) is 12.5. The second-order valence-corrected chi connectivity index (χ2v) is 5.04. The molecule has 0 aliphatic heterocycles. The summed E-state index contributed by atoms with van der Waals surface area (Å²) in [5.41, 5.74) is 8.67. The molecule has 22 heavy (non-hydrogen) atoms. The number of nitrogens with two attached hydrogens (primary N) is 1. The highest BCUT2D eigenvalue weighted by atomic mass is 16.2. The quantitative estimate of drug-likeness (QED) is 0.859. The Kier molecular flexibility index (Phi) is 5.10. The van der Waals surface area contributed by atoms with Gasteiger partial charge in [-0.1, -0.05) is 18.2 Å². The molecule has 1 aromatic carbocycles. The van der Waals surface area contributed by atoms with Crippen LogP contribution in [0.15, 0.2) is 42.7 Å². The van der Waals surface area contributed by atoms with Crippen LogP contribution < -0.4 is 5.73 Å². The van der Waals surface area contributed by atoms with Crippen molar-refractivity contribution >= 4 is 11.6 Å². The van der Waals surface area contributed by atoms with Crippen LogP contribution in [-0.4, -0.2) is 22.3 Å². The van der Waals surface area contributed by atoms with Crippen LogP contribution in [0.1, 0.15) is 27.9 Å². The van der Waals surface area contributed by atoms with Gasteiger partial charge in [0, 0.05) is 31.2 Å². The molecule has 0 fully saturated rings. The molecule has 0 aliphatic rings. The second-order valence-electron chi connectivity index (χ2n) is 5.04. The van der Waals surface area contributed by atoms with E-state index in [4.69, 9.17) is 11.0 Å².